The summed E-state index contributed by atoms with van der Waals surface area (Å²) in [6.07, 6.45) is 1.24. The van der Waals surface area contributed by atoms with E-state index in [-0.39, 0.29) is 17.2 Å². The number of benzene rings is 1. The molecule has 2 fully saturated rings. The fourth-order valence-corrected chi connectivity index (χ4v) is 4.31. The first-order valence-electron chi connectivity index (χ1n) is 10.7. The molecule has 0 radical (unpaired) electrons. The van der Waals surface area contributed by atoms with Gasteiger partial charge in [-0.05, 0) is 31.9 Å². The number of likely N-dealkylation sites (tertiary alicyclic amines) is 1. The smallest absolute Gasteiger partial charge is 0.387 e. The van der Waals surface area contributed by atoms with Crippen LogP contribution in [0.3, 0.4) is 0 Å². The number of ether oxygens (including phenoxy) is 1. The van der Waals surface area contributed by atoms with Crippen molar-refractivity contribution in [3.8, 4) is 5.75 Å². The van der Waals surface area contributed by atoms with Crippen LogP contribution in [0, 0.1) is 6.92 Å². The molecule has 2 amide bonds. The van der Waals surface area contributed by atoms with Crippen LogP contribution in [0.5, 0.6) is 5.75 Å². The van der Waals surface area contributed by atoms with Crippen molar-refractivity contribution in [1.29, 1.82) is 0 Å². The summed E-state index contributed by atoms with van der Waals surface area (Å²) in [5.41, 5.74) is 0.875. The van der Waals surface area contributed by atoms with E-state index in [1.165, 1.54) is 23.1 Å². The van der Waals surface area contributed by atoms with Gasteiger partial charge in [0.05, 0.1) is 17.8 Å². The second-order valence-corrected chi connectivity index (χ2v) is 8.07. The molecule has 4 rings (SSSR count). The Labute approximate surface area is 184 Å². The van der Waals surface area contributed by atoms with Gasteiger partial charge in [-0.1, -0.05) is 17.3 Å². The lowest BCUT2D eigenvalue weighted by Gasteiger charge is -2.37. The van der Waals surface area contributed by atoms with Crippen LogP contribution in [0.25, 0.3) is 0 Å². The summed E-state index contributed by atoms with van der Waals surface area (Å²) in [4.78, 5) is 31.8. The van der Waals surface area contributed by atoms with E-state index in [1.54, 1.807) is 11.0 Å². The Balaban J connectivity index is 1.38. The average molecular weight is 448 g/mol. The van der Waals surface area contributed by atoms with Crippen molar-refractivity contribution in [2.45, 2.75) is 39.0 Å². The molecular formula is C22H26F2N4O4. The van der Waals surface area contributed by atoms with Gasteiger partial charge in [-0.25, -0.2) is 0 Å². The Kier molecular flexibility index (Phi) is 6.69. The Morgan fingerprint density at radius 1 is 1.19 bits per heavy atom. The SMILES string of the molecule is Cc1cc(CN2CCN(C(=O)C3CCCN3C(=O)c3ccccc3OC(F)F)CC2)on1. The van der Waals surface area contributed by atoms with Crippen molar-refractivity contribution in [2.24, 2.45) is 0 Å². The van der Waals surface area contributed by atoms with Crippen molar-refractivity contribution >= 4 is 11.8 Å². The molecule has 0 spiro atoms. The molecule has 0 saturated carbocycles. The minimum atomic E-state index is -3.03. The monoisotopic (exact) mass is 448 g/mol. The molecule has 8 nitrogen and oxygen atoms in total. The van der Waals surface area contributed by atoms with Crippen LogP contribution in [-0.2, 0) is 11.3 Å². The fraction of sp³-hybridized carbons (Fsp3) is 0.500. The molecule has 2 saturated heterocycles. The number of para-hydroxylation sites is 1. The Morgan fingerprint density at radius 2 is 1.94 bits per heavy atom. The summed E-state index contributed by atoms with van der Waals surface area (Å²) in [5.74, 6) is 0.0519. The summed E-state index contributed by atoms with van der Waals surface area (Å²) in [5, 5.41) is 3.90. The Hall–Kier alpha value is -3.01. The van der Waals surface area contributed by atoms with Crippen LogP contribution in [0.2, 0.25) is 0 Å². The van der Waals surface area contributed by atoms with Gasteiger partial charge in [-0.3, -0.25) is 14.5 Å². The molecule has 2 aliphatic heterocycles. The predicted molar refractivity (Wildman–Crippen MR) is 110 cm³/mol. The predicted octanol–water partition coefficient (Wildman–Crippen LogP) is 2.53. The zero-order valence-corrected chi connectivity index (χ0v) is 17.9. The number of aryl methyl sites for hydroxylation is 1. The molecular weight excluding hydrogens is 422 g/mol. The van der Waals surface area contributed by atoms with Gasteiger partial charge in [0.2, 0.25) is 5.91 Å². The van der Waals surface area contributed by atoms with Crippen molar-refractivity contribution < 1.29 is 27.6 Å². The van der Waals surface area contributed by atoms with Crippen LogP contribution in [-0.4, -0.2) is 77.0 Å². The summed E-state index contributed by atoms with van der Waals surface area (Å²) in [6, 6.07) is 7.21. The first kappa shape index (κ1) is 22.2. The maximum Gasteiger partial charge on any atom is 0.387 e. The largest absolute Gasteiger partial charge is 0.434 e. The number of piperazine rings is 1. The first-order chi connectivity index (χ1) is 15.4. The van der Waals surface area contributed by atoms with Crippen molar-refractivity contribution in [1.82, 2.24) is 19.9 Å². The zero-order valence-electron chi connectivity index (χ0n) is 17.9. The van der Waals surface area contributed by atoms with E-state index in [0.717, 1.165) is 11.5 Å². The number of hydrogen-bond donors (Lipinski definition) is 0. The standard InChI is InChI=1S/C22H26F2N4O4/c1-15-13-16(32-25-15)14-26-9-11-27(12-10-26)21(30)18-6-4-8-28(18)20(29)17-5-2-3-7-19(17)31-22(23)24/h2-3,5,7,13,18,22H,4,6,8-12,14H2,1H3. The number of carbonyl (C=O) groups excluding carboxylic acids is 2. The summed E-state index contributed by atoms with van der Waals surface area (Å²) >= 11 is 0. The van der Waals surface area contributed by atoms with E-state index in [1.807, 2.05) is 13.0 Å². The zero-order chi connectivity index (χ0) is 22.7. The number of nitrogens with zero attached hydrogens (tertiary/aromatic N) is 4. The van der Waals surface area contributed by atoms with Gasteiger partial charge in [0.1, 0.15) is 11.8 Å². The molecule has 1 unspecified atom stereocenters. The van der Waals surface area contributed by atoms with E-state index in [0.29, 0.717) is 52.1 Å². The summed E-state index contributed by atoms with van der Waals surface area (Å²) in [6.45, 7) is 2.37. The Bertz CT molecular complexity index is 959. The van der Waals surface area contributed by atoms with Crippen molar-refractivity contribution in [3.05, 3.63) is 47.3 Å². The molecule has 1 aromatic carbocycles. The number of halogens is 2. The van der Waals surface area contributed by atoms with Crippen molar-refractivity contribution in [2.75, 3.05) is 32.7 Å². The van der Waals surface area contributed by atoms with Crippen LogP contribution in [0.4, 0.5) is 8.78 Å². The van der Waals surface area contributed by atoms with E-state index in [2.05, 4.69) is 14.8 Å². The summed E-state index contributed by atoms with van der Waals surface area (Å²) < 4.78 is 35.2. The maximum absolute atomic E-state index is 13.2. The quantitative estimate of drug-likeness (QED) is 0.676. The molecule has 0 N–H and O–H groups in total. The molecule has 0 aliphatic carbocycles. The molecule has 0 bridgehead atoms. The van der Waals surface area contributed by atoms with Crippen LogP contribution in [0.15, 0.2) is 34.9 Å². The van der Waals surface area contributed by atoms with Gasteiger partial charge in [0.15, 0.2) is 5.76 Å². The van der Waals surface area contributed by atoms with Gasteiger partial charge >= 0.3 is 6.61 Å². The third-order valence-electron chi connectivity index (χ3n) is 5.87. The average Bonchev–Trinajstić information content (AvgIpc) is 3.42. The maximum atomic E-state index is 13.2. The van der Waals surface area contributed by atoms with E-state index in [9.17, 15) is 18.4 Å². The minimum Gasteiger partial charge on any atom is -0.434 e. The minimum absolute atomic E-state index is 0.0414. The van der Waals surface area contributed by atoms with Gasteiger partial charge in [0, 0.05) is 38.8 Å². The number of hydrogen-bond acceptors (Lipinski definition) is 6. The number of rotatable bonds is 6. The van der Waals surface area contributed by atoms with Gasteiger partial charge in [0.25, 0.3) is 5.91 Å². The summed E-state index contributed by atoms with van der Waals surface area (Å²) in [7, 11) is 0. The van der Waals surface area contributed by atoms with Gasteiger partial charge in [-0.15, -0.1) is 0 Å². The van der Waals surface area contributed by atoms with E-state index < -0.39 is 18.6 Å². The number of amides is 2. The normalized spacial score (nSPS) is 19.6. The lowest BCUT2D eigenvalue weighted by molar-refractivity contribution is -0.137. The molecule has 1 atom stereocenters. The first-order valence-corrected chi connectivity index (χ1v) is 10.7. The van der Waals surface area contributed by atoms with Gasteiger partial charge in [-0.2, -0.15) is 8.78 Å². The molecule has 10 heteroatoms. The van der Waals surface area contributed by atoms with Crippen LogP contribution in [0.1, 0.15) is 34.7 Å². The topological polar surface area (TPSA) is 79.1 Å². The number of alkyl halides is 2. The molecule has 2 aromatic rings. The molecule has 2 aliphatic rings. The third kappa shape index (κ3) is 4.90. The second kappa shape index (κ2) is 9.64. The highest BCUT2D eigenvalue weighted by Gasteiger charge is 2.38. The highest BCUT2D eigenvalue weighted by molar-refractivity contribution is 6.00. The second-order valence-electron chi connectivity index (χ2n) is 8.07. The lowest BCUT2D eigenvalue weighted by atomic mass is 10.1. The van der Waals surface area contributed by atoms with E-state index in [4.69, 9.17) is 4.52 Å². The van der Waals surface area contributed by atoms with Gasteiger partial charge < -0.3 is 19.1 Å². The highest BCUT2D eigenvalue weighted by Crippen LogP contribution is 2.27. The Morgan fingerprint density at radius 3 is 2.62 bits per heavy atom. The number of carbonyl (C=O) groups is 2. The fourth-order valence-electron chi connectivity index (χ4n) is 4.31. The lowest BCUT2D eigenvalue weighted by Crippen LogP contribution is -2.54. The third-order valence-corrected chi connectivity index (χ3v) is 5.87. The van der Waals surface area contributed by atoms with E-state index >= 15 is 0 Å². The molecule has 172 valence electrons. The number of aromatic nitrogens is 1. The van der Waals surface area contributed by atoms with Crippen molar-refractivity contribution in [3.63, 3.8) is 0 Å². The highest BCUT2D eigenvalue weighted by atomic mass is 19.3. The molecule has 32 heavy (non-hydrogen) atoms. The van der Waals surface area contributed by atoms with Crippen LogP contribution >= 0.6 is 0 Å². The molecule has 1 aromatic heterocycles. The van der Waals surface area contributed by atoms with Crippen LogP contribution < -0.4 is 4.74 Å². The molecule has 3 heterocycles.